The van der Waals surface area contributed by atoms with Crippen LogP contribution in [0.4, 0.5) is 5.13 Å². The van der Waals surface area contributed by atoms with Crippen LogP contribution in [0.5, 0.6) is 0 Å². The highest BCUT2D eigenvalue weighted by atomic mass is 35.5. The predicted octanol–water partition coefficient (Wildman–Crippen LogP) is 2.20. The molecule has 1 aliphatic heterocycles. The maximum atomic E-state index is 12.6. The Labute approximate surface area is 181 Å². The molecule has 30 heavy (non-hydrogen) atoms. The minimum Gasteiger partial charge on any atom is -0.378 e. The molecule has 0 unspecified atom stereocenters. The third-order valence-electron chi connectivity index (χ3n) is 4.53. The first-order valence-corrected chi connectivity index (χ1v) is 10.5. The number of thiazole rings is 1. The molecule has 11 heteroatoms. The number of morpholine rings is 1. The van der Waals surface area contributed by atoms with Crippen LogP contribution in [-0.4, -0.2) is 52.9 Å². The fourth-order valence-electron chi connectivity index (χ4n) is 3.01. The molecule has 0 saturated carbocycles. The Bertz CT molecular complexity index is 1060. The Morgan fingerprint density at radius 2 is 1.83 bits per heavy atom. The number of carbonyl (C=O) groups is 2. The standard InChI is InChI=1S/C19H19ClN6O3S/c1-12-15(16(20)26(24-12)13-5-3-2-4-6-13)18(28)23-22-17(27)14-11-30-19(21-14)25-7-9-29-10-8-25/h2-6,11H,7-10H2,1H3,(H,22,27)(H,23,28). The summed E-state index contributed by atoms with van der Waals surface area (Å²) in [7, 11) is 0. The van der Waals surface area contributed by atoms with Gasteiger partial charge in [-0.3, -0.25) is 20.4 Å². The zero-order valence-electron chi connectivity index (χ0n) is 16.1. The van der Waals surface area contributed by atoms with Gasteiger partial charge in [0.2, 0.25) is 0 Å². The number of nitrogens with one attached hydrogen (secondary N) is 2. The molecule has 156 valence electrons. The van der Waals surface area contributed by atoms with Crippen LogP contribution in [-0.2, 0) is 4.74 Å². The molecule has 9 nitrogen and oxygen atoms in total. The Balaban J connectivity index is 1.42. The summed E-state index contributed by atoms with van der Waals surface area (Å²) in [6, 6.07) is 9.23. The topological polar surface area (TPSA) is 101 Å². The van der Waals surface area contributed by atoms with Gasteiger partial charge in [0.15, 0.2) is 5.13 Å². The van der Waals surface area contributed by atoms with Crippen molar-refractivity contribution in [2.24, 2.45) is 0 Å². The van der Waals surface area contributed by atoms with Gasteiger partial charge in [0, 0.05) is 18.5 Å². The maximum Gasteiger partial charge on any atom is 0.289 e. The molecule has 2 amide bonds. The van der Waals surface area contributed by atoms with Crippen molar-refractivity contribution < 1.29 is 14.3 Å². The highest BCUT2D eigenvalue weighted by molar-refractivity contribution is 7.13. The molecule has 4 rings (SSSR count). The SMILES string of the molecule is Cc1nn(-c2ccccc2)c(Cl)c1C(=O)NNC(=O)c1csc(N2CCOCC2)n1. The first-order chi connectivity index (χ1) is 14.5. The van der Waals surface area contributed by atoms with Crippen molar-refractivity contribution in [3.05, 3.63) is 57.8 Å². The predicted molar refractivity (Wildman–Crippen MR) is 113 cm³/mol. The first kappa shape index (κ1) is 20.3. The van der Waals surface area contributed by atoms with E-state index in [1.165, 1.54) is 16.0 Å². The van der Waals surface area contributed by atoms with Crippen molar-refractivity contribution in [1.82, 2.24) is 25.6 Å². The molecule has 0 aliphatic carbocycles. The van der Waals surface area contributed by atoms with E-state index < -0.39 is 11.8 Å². The molecule has 0 radical (unpaired) electrons. The third kappa shape index (κ3) is 4.16. The van der Waals surface area contributed by atoms with Crippen LogP contribution in [0.15, 0.2) is 35.7 Å². The van der Waals surface area contributed by atoms with Crippen molar-refractivity contribution in [2.45, 2.75) is 6.92 Å². The molecule has 2 aromatic heterocycles. The van der Waals surface area contributed by atoms with E-state index in [0.29, 0.717) is 18.9 Å². The van der Waals surface area contributed by atoms with E-state index in [9.17, 15) is 9.59 Å². The number of para-hydroxylation sites is 1. The Morgan fingerprint density at radius 3 is 2.57 bits per heavy atom. The molecule has 1 fully saturated rings. The summed E-state index contributed by atoms with van der Waals surface area (Å²) in [6.45, 7) is 4.40. The van der Waals surface area contributed by atoms with E-state index in [1.54, 1.807) is 12.3 Å². The van der Waals surface area contributed by atoms with Gasteiger partial charge >= 0.3 is 0 Å². The average Bonchev–Trinajstić information content (AvgIpc) is 3.38. The summed E-state index contributed by atoms with van der Waals surface area (Å²) in [4.78, 5) is 31.4. The lowest BCUT2D eigenvalue weighted by molar-refractivity contribution is 0.0844. The molecule has 3 aromatic rings. The van der Waals surface area contributed by atoms with Crippen molar-refractivity contribution in [3.63, 3.8) is 0 Å². The van der Waals surface area contributed by atoms with Crippen LogP contribution in [0.1, 0.15) is 26.5 Å². The van der Waals surface area contributed by atoms with E-state index in [1.807, 2.05) is 30.3 Å². The Hall–Kier alpha value is -2.95. The van der Waals surface area contributed by atoms with Gasteiger partial charge in [-0.25, -0.2) is 9.67 Å². The monoisotopic (exact) mass is 446 g/mol. The number of carbonyl (C=O) groups excluding carboxylic acids is 2. The minimum atomic E-state index is -0.559. The van der Waals surface area contributed by atoms with Crippen molar-refractivity contribution in [2.75, 3.05) is 31.2 Å². The first-order valence-electron chi connectivity index (χ1n) is 9.24. The number of ether oxygens (including phenoxy) is 1. The molecular weight excluding hydrogens is 428 g/mol. The number of amides is 2. The summed E-state index contributed by atoms with van der Waals surface area (Å²) in [6.07, 6.45) is 0. The summed E-state index contributed by atoms with van der Waals surface area (Å²) in [5.74, 6) is -1.07. The molecular formula is C19H19ClN6O3S. The van der Waals surface area contributed by atoms with Crippen LogP contribution in [0.3, 0.4) is 0 Å². The number of hydrogen-bond acceptors (Lipinski definition) is 7. The molecule has 2 N–H and O–H groups in total. The molecule has 1 aliphatic rings. The lowest BCUT2D eigenvalue weighted by Crippen LogP contribution is -2.42. The van der Waals surface area contributed by atoms with Gasteiger partial charge in [0.05, 0.1) is 24.6 Å². The molecule has 3 heterocycles. The maximum absolute atomic E-state index is 12.6. The van der Waals surface area contributed by atoms with Crippen LogP contribution in [0.2, 0.25) is 5.15 Å². The Kier molecular flexibility index (Phi) is 5.98. The van der Waals surface area contributed by atoms with E-state index in [0.717, 1.165) is 23.9 Å². The number of nitrogens with zero attached hydrogens (tertiary/aromatic N) is 4. The second kappa shape index (κ2) is 8.82. The molecule has 0 atom stereocenters. The van der Waals surface area contributed by atoms with Crippen molar-refractivity contribution in [3.8, 4) is 5.69 Å². The van der Waals surface area contributed by atoms with Crippen LogP contribution >= 0.6 is 22.9 Å². The van der Waals surface area contributed by atoms with E-state index in [2.05, 4.69) is 25.8 Å². The van der Waals surface area contributed by atoms with Gasteiger partial charge in [-0.2, -0.15) is 5.10 Å². The summed E-state index contributed by atoms with van der Waals surface area (Å²) in [5.41, 5.74) is 6.36. The van der Waals surface area contributed by atoms with E-state index >= 15 is 0 Å². The highest BCUT2D eigenvalue weighted by Gasteiger charge is 2.22. The van der Waals surface area contributed by atoms with E-state index in [4.69, 9.17) is 16.3 Å². The average molecular weight is 447 g/mol. The normalized spacial score (nSPS) is 13.9. The highest BCUT2D eigenvalue weighted by Crippen LogP contribution is 2.24. The third-order valence-corrected chi connectivity index (χ3v) is 5.78. The van der Waals surface area contributed by atoms with Gasteiger partial charge in [-0.15, -0.1) is 11.3 Å². The quantitative estimate of drug-likeness (QED) is 0.596. The van der Waals surface area contributed by atoms with Crippen LogP contribution < -0.4 is 15.8 Å². The number of aryl methyl sites for hydroxylation is 1. The van der Waals surface area contributed by atoms with Gasteiger partial charge < -0.3 is 9.64 Å². The number of anilines is 1. The van der Waals surface area contributed by atoms with Crippen molar-refractivity contribution >= 4 is 39.9 Å². The molecule has 1 saturated heterocycles. The lowest BCUT2D eigenvalue weighted by Gasteiger charge is -2.25. The summed E-state index contributed by atoms with van der Waals surface area (Å²) in [5, 5.41) is 6.89. The number of aromatic nitrogens is 3. The zero-order valence-corrected chi connectivity index (χ0v) is 17.7. The fraction of sp³-hybridized carbons (Fsp3) is 0.263. The number of halogens is 1. The molecule has 0 spiro atoms. The number of benzene rings is 1. The summed E-state index contributed by atoms with van der Waals surface area (Å²) >= 11 is 7.75. The number of hydrazine groups is 1. The Morgan fingerprint density at radius 1 is 1.13 bits per heavy atom. The van der Waals surface area contributed by atoms with Gasteiger partial charge in [0.1, 0.15) is 16.4 Å². The fourth-order valence-corrected chi connectivity index (χ4v) is 4.22. The van der Waals surface area contributed by atoms with Gasteiger partial charge in [0.25, 0.3) is 11.8 Å². The smallest absolute Gasteiger partial charge is 0.289 e. The van der Waals surface area contributed by atoms with Crippen molar-refractivity contribution in [1.29, 1.82) is 0 Å². The number of rotatable bonds is 4. The second-order valence-corrected chi connectivity index (χ2v) is 7.72. The largest absolute Gasteiger partial charge is 0.378 e. The minimum absolute atomic E-state index is 0.161. The van der Waals surface area contributed by atoms with E-state index in [-0.39, 0.29) is 16.4 Å². The van der Waals surface area contributed by atoms with Gasteiger partial charge in [-0.1, -0.05) is 29.8 Å². The zero-order chi connectivity index (χ0) is 21.1. The van der Waals surface area contributed by atoms with Crippen LogP contribution in [0.25, 0.3) is 5.69 Å². The molecule has 1 aromatic carbocycles. The van der Waals surface area contributed by atoms with Crippen LogP contribution in [0, 0.1) is 6.92 Å². The molecule has 0 bridgehead atoms. The van der Waals surface area contributed by atoms with Gasteiger partial charge in [-0.05, 0) is 19.1 Å². The lowest BCUT2D eigenvalue weighted by atomic mass is 10.2. The summed E-state index contributed by atoms with van der Waals surface area (Å²) < 4.78 is 6.80. The number of hydrogen-bond donors (Lipinski definition) is 2. The second-order valence-electron chi connectivity index (χ2n) is 6.52.